The van der Waals surface area contributed by atoms with E-state index in [0.29, 0.717) is 5.96 Å². The van der Waals surface area contributed by atoms with Crippen molar-refractivity contribution in [1.29, 1.82) is 0 Å². The highest BCUT2D eigenvalue weighted by Gasteiger charge is 2.45. The number of hydrogen-bond donors (Lipinski definition) is 2. The summed E-state index contributed by atoms with van der Waals surface area (Å²) in [4.78, 5) is 17.8. The fraction of sp³-hybridized carbons (Fsp3) is 0.579. The Morgan fingerprint density at radius 1 is 1.28 bits per heavy atom. The molecule has 1 aromatic rings. The van der Waals surface area contributed by atoms with Crippen LogP contribution in [0.3, 0.4) is 0 Å². The minimum atomic E-state index is -0.0103. The lowest BCUT2D eigenvalue weighted by molar-refractivity contribution is -0.127. The second kappa shape index (κ2) is 9.09. The monoisotopic (exact) mass is 364 g/mol. The number of hydrogen-bond acceptors (Lipinski definition) is 2. The van der Waals surface area contributed by atoms with Gasteiger partial charge in [-0.3, -0.25) is 4.79 Å². The van der Waals surface area contributed by atoms with Crippen molar-refractivity contribution < 1.29 is 4.79 Å². The van der Waals surface area contributed by atoms with Gasteiger partial charge in [0.05, 0.1) is 0 Å². The van der Waals surface area contributed by atoms with Crippen LogP contribution in [0.25, 0.3) is 0 Å². The van der Waals surface area contributed by atoms with Crippen LogP contribution in [0.5, 0.6) is 0 Å². The van der Waals surface area contributed by atoms with Crippen LogP contribution in [0.1, 0.15) is 38.2 Å². The Labute approximate surface area is 155 Å². The van der Waals surface area contributed by atoms with Crippen molar-refractivity contribution >= 4 is 23.5 Å². The molecular formula is C19H29ClN4O. The zero-order chi connectivity index (χ0) is 18.3. The van der Waals surface area contributed by atoms with Crippen LogP contribution in [0.15, 0.2) is 29.3 Å². The molecule has 0 spiro atoms. The summed E-state index contributed by atoms with van der Waals surface area (Å²) in [5.74, 6) is 0.686. The number of halogens is 1. The number of nitrogens with one attached hydrogen (secondary N) is 2. The highest BCUT2D eigenvalue weighted by molar-refractivity contribution is 6.31. The van der Waals surface area contributed by atoms with E-state index in [0.717, 1.165) is 43.8 Å². The molecular weight excluding hydrogens is 336 g/mol. The number of nitrogens with zero attached hydrogens (tertiary/aromatic N) is 2. The third-order valence-electron chi connectivity index (χ3n) is 4.59. The van der Waals surface area contributed by atoms with Gasteiger partial charge >= 0.3 is 0 Å². The molecule has 1 aliphatic carbocycles. The Hall–Kier alpha value is -1.75. The first-order valence-electron chi connectivity index (χ1n) is 8.96. The van der Waals surface area contributed by atoms with Crippen molar-refractivity contribution in [3.63, 3.8) is 0 Å². The highest BCUT2D eigenvalue weighted by Crippen LogP contribution is 2.49. The zero-order valence-corrected chi connectivity index (χ0v) is 16.2. The predicted molar refractivity (Wildman–Crippen MR) is 104 cm³/mol. The van der Waals surface area contributed by atoms with Crippen LogP contribution in [0, 0.1) is 0 Å². The Bertz CT molecular complexity index is 611. The van der Waals surface area contributed by atoms with Crippen LogP contribution < -0.4 is 10.6 Å². The molecule has 0 aromatic heterocycles. The number of carbonyl (C=O) groups is 1. The second-order valence-corrected chi connectivity index (χ2v) is 7.25. The summed E-state index contributed by atoms with van der Waals surface area (Å²) in [6.45, 7) is 3.91. The van der Waals surface area contributed by atoms with Crippen molar-refractivity contribution in [3.8, 4) is 0 Å². The maximum absolute atomic E-state index is 11.8. The molecule has 1 aliphatic rings. The molecule has 0 atom stereocenters. The standard InChI is InChI=1S/C19H29ClN4O/c1-4-5-12-21-18(22-13-17(25)24(2)3)23-14-19(10-11-19)15-8-6-7-9-16(15)20/h6-9H,4-5,10-14H2,1-3H3,(H2,21,22,23). The van der Waals surface area contributed by atoms with Gasteiger partial charge < -0.3 is 15.5 Å². The lowest BCUT2D eigenvalue weighted by atomic mass is 9.96. The lowest BCUT2D eigenvalue weighted by Crippen LogP contribution is -2.42. The van der Waals surface area contributed by atoms with Gasteiger partial charge in [0.2, 0.25) is 5.91 Å². The third-order valence-corrected chi connectivity index (χ3v) is 4.92. The average molecular weight is 365 g/mol. The number of benzene rings is 1. The van der Waals surface area contributed by atoms with E-state index in [2.05, 4.69) is 28.6 Å². The van der Waals surface area contributed by atoms with Crippen molar-refractivity contribution in [3.05, 3.63) is 34.9 Å². The molecule has 2 N–H and O–H groups in total. The van der Waals surface area contributed by atoms with Crippen LogP contribution >= 0.6 is 11.6 Å². The molecule has 0 saturated heterocycles. The van der Waals surface area contributed by atoms with Gasteiger partial charge in [-0.25, -0.2) is 4.99 Å². The normalized spacial score (nSPS) is 15.6. The molecule has 0 heterocycles. The number of likely N-dealkylation sites (N-methyl/N-ethyl adjacent to an activating group) is 1. The molecule has 6 heteroatoms. The number of rotatable bonds is 8. The summed E-state index contributed by atoms with van der Waals surface area (Å²) >= 11 is 6.38. The smallest absolute Gasteiger partial charge is 0.243 e. The van der Waals surface area contributed by atoms with Crippen LogP contribution in [-0.4, -0.2) is 50.5 Å². The summed E-state index contributed by atoms with van der Waals surface area (Å²) in [5, 5.41) is 7.55. The van der Waals surface area contributed by atoms with Crippen molar-refractivity contribution in [1.82, 2.24) is 15.5 Å². The molecule has 1 fully saturated rings. The minimum Gasteiger partial charge on any atom is -0.356 e. The van der Waals surface area contributed by atoms with Gasteiger partial charge in [-0.15, -0.1) is 0 Å². The van der Waals surface area contributed by atoms with Crippen LogP contribution in [0.4, 0.5) is 0 Å². The van der Waals surface area contributed by atoms with E-state index in [9.17, 15) is 4.79 Å². The molecule has 138 valence electrons. The fourth-order valence-corrected chi connectivity index (χ4v) is 3.02. The molecule has 0 radical (unpaired) electrons. The predicted octanol–water partition coefficient (Wildman–Crippen LogP) is 2.80. The zero-order valence-electron chi connectivity index (χ0n) is 15.4. The number of carbonyl (C=O) groups excluding carboxylic acids is 1. The number of unbranched alkanes of at least 4 members (excludes halogenated alkanes) is 1. The molecule has 1 aromatic carbocycles. The van der Waals surface area contributed by atoms with Crippen molar-refractivity contribution in [2.24, 2.45) is 4.99 Å². The summed E-state index contributed by atoms with van der Waals surface area (Å²) in [6, 6.07) is 8.04. The largest absolute Gasteiger partial charge is 0.356 e. The number of amides is 1. The van der Waals surface area contributed by atoms with E-state index in [1.54, 1.807) is 19.0 Å². The van der Waals surface area contributed by atoms with E-state index in [-0.39, 0.29) is 17.9 Å². The quantitative estimate of drug-likeness (QED) is 0.423. The van der Waals surface area contributed by atoms with Crippen LogP contribution in [0.2, 0.25) is 5.02 Å². The lowest BCUT2D eigenvalue weighted by Gasteiger charge is -2.20. The van der Waals surface area contributed by atoms with Gasteiger partial charge in [-0.1, -0.05) is 43.1 Å². The Kier molecular flexibility index (Phi) is 7.12. The first-order valence-corrected chi connectivity index (χ1v) is 9.33. The maximum Gasteiger partial charge on any atom is 0.243 e. The first kappa shape index (κ1) is 19.6. The molecule has 25 heavy (non-hydrogen) atoms. The van der Waals surface area contributed by atoms with Crippen molar-refractivity contribution in [2.45, 2.75) is 38.0 Å². The molecule has 2 rings (SSSR count). The minimum absolute atomic E-state index is 0.0103. The molecule has 0 unspecified atom stereocenters. The van der Waals surface area contributed by atoms with Gasteiger partial charge in [0.15, 0.2) is 5.96 Å². The second-order valence-electron chi connectivity index (χ2n) is 6.85. The summed E-state index contributed by atoms with van der Waals surface area (Å²) in [6.07, 6.45) is 4.41. The van der Waals surface area contributed by atoms with Crippen LogP contribution in [-0.2, 0) is 10.2 Å². The number of aliphatic imine (C=N–C) groups is 1. The Balaban J connectivity index is 2.00. The summed E-state index contributed by atoms with van der Waals surface area (Å²) in [7, 11) is 3.48. The first-order chi connectivity index (χ1) is 12.0. The van der Waals surface area contributed by atoms with E-state index in [1.165, 1.54) is 5.56 Å². The van der Waals surface area contributed by atoms with Gasteiger partial charge in [0.1, 0.15) is 6.54 Å². The number of guanidine groups is 1. The third kappa shape index (κ3) is 5.63. The van der Waals surface area contributed by atoms with Crippen molar-refractivity contribution in [2.75, 3.05) is 33.7 Å². The maximum atomic E-state index is 11.8. The van der Waals surface area contributed by atoms with Gasteiger partial charge in [0.25, 0.3) is 0 Å². The van der Waals surface area contributed by atoms with E-state index in [4.69, 9.17) is 11.6 Å². The molecule has 1 saturated carbocycles. The highest BCUT2D eigenvalue weighted by atomic mass is 35.5. The average Bonchev–Trinajstić information content (AvgIpc) is 3.38. The Morgan fingerprint density at radius 3 is 2.60 bits per heavy atom. The fourth-order valence-electron chi connectivity index (χ4n) is 2.68. The van der Waals surface area contributed by atoms with Gasteiger partial charge in [0, 0.05) is 37.6 Å². The molecule has 5 nitrogen and oxygen atoms in total. The van der Waals surface area contributed by atoms with Gasteiger partial charge in [-0.05, 0) is 30.9 Å². The van der Waals surface area contributed by atoms with E-state index >= 15 is 0 Å². The molecule has 1 amide bonds. The summed E-state index contributed by atoms with van der Waals surface area (Å²) in [5.41, 5.74) is 1.28. The van der Waals surface area contributed by atoms with E-state index in [1.807, 2.05) is 18.2 Å². The molecule has 0 aliphatic heterocycles. The molecule has 0 bridgehead atoms. The SMILES string of the molecule is CCCCNC(=NCC(=O)N(C)C)NCC1(c2ccccc2Cl)CC1. The Morgan fingerprint density at radius 2 is 2.00 bits per heavy atom. The van der Waals surface area contributed by atoms with E-state index < -0.39 is 0 Å². The van der Waals surface area contributed by atoms with Gasteiger partial charge in [-0.2, -0.15) is 0 Å². The summed E-state index contributed by atoms with van der Waals surface area (Å²) < 4.78 is 0. The topological polar surface area (TPSA) is 56.7 Å².